The van der Waals surface area contributed by atoms with Crippen LogP contribution < -0.4 is 5.32 Å². The summed E-state index contributed by atoms with van der Waals surface area (Å²) in [4.78, 5) is 14.6. The molecule has 0 atom stereocenters. The van der Waals surface area contributed by atoms with Gasteiger partial charge in [-0.05, 0) is 44.6 Å². The highest BCUT2D eigenvalue weighted by Gasteiger charge is 2.34. The van der Waals surface area contributed by atoms with Crippen LogP contribution in [0.4, 0.5) is 0 Å². The van der Waals surface area contributed by atoms with Gasteiger partial charge in [0, 0.05) is 23.9 Å². The number of rotatable bonds is 6. The molecule has 0 spiro atoms. The highest BCUT2D eigenvalue weighted by Crippen LogP contribution is 2.31. The van der Waals surface area contributed by atoms with E-state index in [9.17, 15) is 13.2 Å². The van der Waals surface area contributed by atoms with Gasteiger partial charge in [0.15, 0.2) is 9.84 Å². The summed E-state index contributed by atoms with van der Waals surface area (Å²) in [6, 6.07) is 6.80. The Morgan fingerprint density at radius 2 is 1.71 bits per heavy atom. The van der Waals surface area contributed by atoms with Crippen LogP contribution in [0.25, 0.3) is 0 Å². The van der Waals surface area contributed by atoms with Gasteiger partial charge in [-0.1, -0.05) is 31.4 Å². The number of benzene rings is 1. The smallest absolute Gasteiger partial charge is 0.251 e. The molecule has 0 saturated heterocycles. The first-order chi connectivity index (χ1) is 11.2. The van der Waals surface area contributed by atoms with Crippen molar-refractivity contribution in [1.82, 2.24) is 10.2 Å². The first-order valence-electron chi connectivity index (χ1n) is 8.44. The molecule has 0 aromatic heterocycles. The Balaban J connectivity index is 1.99. The van der Waals surface area contributed by atoms with Crippen molar-refractivity contribution in [2.75, 3.05) is 26.9 Å². The fraction of sp³-hybridized carbons (Fsp3) is 0.611. The second-order valence-electron chi connectivity index (χ2n) is 7.13. The summed E-state index contributed by atoms with van der Waals surface area (Å²) in [5, 5.41) is 3.06. The Labute approximate surface area is 145 Å². The molecule has 0 unspecified atom stereocenters. The summed E-state index contributed by atoms with van der Waals surface area (Å²) in [6.45, 7) is 0.643. The minimum absolute atomic E-state index is 0.00135. The maximum Gasteiger partial charge on any atom is 0.251 e. The summed E-state index contributed by atoms with van der Waals surface area (Å²) < 4.78 is 22.6. The topological polar surface area (TPSA) is 66.5 Å². The van der Waals surface area contributed by atoms with Gasteiger partial charge in [0.2, 0.25) is 0 Å². The van der Waals surface area contributed by atoms with Gasteiger partial charge < -0.3 is 10.2 Å². The summed E-state index contributed by atoms with van der Waals surface area (Å²) in [5.41, 5.74) is 1.31. The van der Waals surface area contributed by atoms with Crippen LogP contribution >= 0.6 is 0 Å². The lowest BCUT2D eigenvalue weighted by Gasteiger charge is -2.43. The normalized spacial score (nSPS) is 17.7. The van der Waals surface area contributed by atoms with E-state index in [4.69, 9.17) is 0 Å². The molecule has 1 aromatic carbocycles. The lowest BCUT2D eigenvalue weighted by Crippen LogP contribution is -2.53. The lowest BCUT2D eigenvalue weighted by atomic mass is 9.80. The zero-order valence-corrected chi connectivity index (χ0v) is 15.7. The van der Waals surface area contributed by atoms with E-state index in [1.54, 1.807) is 24.3 Å². The third kappa shape index (κ3) is 5.05. The second kappa shape index (κ2) is 7.66. The van der Waals surface area contributed by atoms with Gasteiger partial charge in [-0.25, -0.2) is 8.42 Å². The molecule has 0 radical (unpaired) electrons. The number of carbonyl (C=O) groups excluding carboxylic acids is 1. The van der Waals surface area contributed by atoms with Crippen molar-refractivity contribution >= 4 is 15.7 Å². The molecule has 6 heteroatoms. The molecule has 24 heavy (non-hydrogen) atoms. The number of hydrogen-bond donors (Lipinski definition) is 1. The van der Waals surface area contributed by atoms with E-state index in [0.29, 0.717) is 17.7 Å². The summed E-state index contributed by atoms with van der Waals surface area (Å²) in [5.74, 6) is -0.105. The van der Waals surface area contributed by atoms with E-state index >= 15 is 0 Å². The standard InChI is InChI=1S/C18H28N2O3S/c1-20(2)18(11-5-4-6-12-18)14-19-17(21)16-9-7-15(8-10-16)13-24(3,22)23/h7-10H,4-6,11-14H2,1-3H3,(H,19,21). The predicted molar refractivity (Wildman–Crippen MR) is 96.8 cm³/mol. The van der Waals surface area contributed by atoms with Crippen LogP contribution in [0.2, 0.25) is 0 Å². The molecule has 0 aliphatic heterocycles. The molecule has 1 amide bonds. The Hall–Kier alpha value is -1.40. The summed E-state index contributed by atoms with van der Waals surface area (Å²) in [6.07, 6.45) is 7.09. The van der Waals surface area contributed by atoms with E-state index in [0.717, 1.165) is 12.8 Å². The SMILES string of the molecule is CN(C)C1(CNC(=O)c2ccc(CS(C)(=O)=O)cc2)CCCCC1. The second-order valence-corrected chi connectivity index (χ2v) is 9.27. The molecule has 1 saturated carbocycles. The maximum atomic E-state index is 12.4. The summed E-state index contributed by atoms with van der Waals surface area (Å²) >= 11 is 0. The van der Waals surface area contributed by atoms with Crippen LogP contribution in [0, 0.1) is 0 Å². The predicted octanol–water partition coefficient (Wildman–Crippen LogP) is 2.23. The van der Waals surface area contributed by atoms with Gasteiger partial charge in [-0.3, -0.25) is 4.79 Å². The van der Waals surface area contributed by atoms with Gasteiger partial charge in [0.25, 0.3) is 5.91 Å². The number of hydrogen-bond acceptors (Lipinski definition) is 4. The van der Waals surface area contributed by atoms with Gasteiger partial charge in [0.05, 0.1) is 5.75 Å². The third-order valence-corrected chi connectivity index (χ3v) is 5.81. The number of amides is 1. The van der Waals surface area contributed by atoms with Gasteiger partial charge >= 0.3 is 0 Å². The van der Waals surface area contributed by atoms with E-state index in [-0.39, 0.29) is 17.2 Å². The quantitative estimate of drug-likeness (QED) is 0.852. The number of carbonyl (C=O) groups is 1. The van der Waals surface area contributed by atoms with Crippen molar-refractivity contribution in [1.29, 1.82) is 0 Å². The van der Waals surface area contributed by atoms with Gasteiger partial charge in [-0.2, -0.15) is 0 Å². The Morgan fingerprint density at radius 3 is 2.21 bits per heavy atom. The highest BCUT2D eigenvalue weighted by atomic mass is 32.2. The van der Waals surface area contributed by atoms with Crippen molar-refractivity contribution < 1.29 is 13.2 Å². The monoisotopic (exact) mass is 352 g/mol. The molecule has 0 bridgehead atoms. The molecule has 1 aliphatic carbocycles. The van der Waals surface area contributed by atoms with Crippen molar-refractivity contribution in [2.24, 2.45) is 0 Å². The van der Waals surface area contributed by atoms with Crippen LogP contribution in [-0.2, 0) is 15.6 Å². The Morgan fingerprint density at radius 1 is 1.12 bits per heavy atom. The number of likely N-dealkylation sites (N-methyl/N-ethyl adjacent to an activating group) is 1. The Bertz CT molecular complexity index is 660. The third-order valence-electron chi connectivity index (χ3n) is 4.96. The lowest BCUT2D eigenvalue weighted by molar-refractivity contribution is 0.0799. The molecule has 134 valence electrons. The molecular formula is C18H28N2O3S. The van der Waals surface area contributed by atoms with Crippen molar-refractivity contribution in [2.45, 2.75) is 43.4 Å². The average molecular weight is 353 g/mol. The van der Waals surface area contributed by atoms with E-state index in [1.165, 1.54) is 25.5 Å². The van der Waals surface area contributed by atoms with Crippen LogP contribution in [0.3, 0.4) is 0 Å². The molecular weight excluding hydrogens is 324 g/mol. The molecule has 1 fully saturated rings. The molecule has 1 aliphatic rings. The highest BCUT2D eigenvalue weighted by molar-refractivity contribution is 7.89. The number of nitrogens with zero attached hydrogens (tertiary/aromatic N) is 1. The first-order valence-corrected chi connectivity index (χ1v) is 10.5. The minimum atomic E-state index is -3.06. The summed E-state index contributed by atoms with van der Waals surface area (Å²) in [7, 11) is 1.10. The minimum Gasteiger partial charge on any atom is -0.350 e. The Kier molecular flexibility index (Phi) is 6.04. The van der Waals surface area contributed by atoms with Crippen LogP contribution in [-0.4, -0.2) is 51.7 Å². The zero-order chi connectivity index (χ0) is 17.8. The van der Waals surface area contributed by atoms with Crippen molar-refractivity contribution in [3.05, 3.63) is 35.4 Å². The zero-order valence-electron chi connectivity index (χ0n) is 14.8. The van der Waals surface area contributed by atoms with Crippen LogP contribution in [0.5, 0.6) is 0 Å². The first kappa shape index (κ1) is 18.9. The number of nitrogens with one attached hydrogen (secondary N) is 1. The average Bonchev–Trinajstić information content (AvgIpc) is 2.52. The fourth-order valence-corrected chi connectivity index (χ4v) is 4.19. The molecule has 1 N–H and O–H groups in total. The van der Waals surface area contributed by atoms with Crippen LogP contribution in [0.15, 0.2) is 24.3 Å². The fourth-order valence-electron chi connectivity index (χ4n) is 3.39. The largest absolute Gasteiger partial charge is 0.350 e. The van der Waals surface area contributed by atoms with Gasteiger partial charge in [0.1, 0.15) is 0 Å². The molecule has 2 rings (SSSR count). The van der Waals surface area contributed by atoms with Crippen molar-refractivity contribution in [3.63, 3.8) is 0 Å². The van der Waals surface area contributed by atoms with Crippen molar-refractivity contribution in [3.8, 4) is 0 Å². The maximum absolute atomic E-state index is 12.4. The van der Waals surface area contributed by atoms with Gasteiger partial charge in [-0.15, -0.1) is 0 Å². The molecule has 1 aromatic rings. The van der Waals surface area contributed by atoms with E-state index < -0.39 is 9.84 Å². The number of sulfone groups is 1. The molecule has 0 heterocycles. The van der Waals surface area contributed by atoms with E-state index in [1.807, 2.05) is 0 Å². The van der Waals surface area contributed by atoms with Crippen LogP contribution in [0.1, 0.15) is 48.0 Å². The van der Waals surface area contributed by atoms with E-state index in [2.05, 4.69) is 24.3 Å². The molecule has 5 nitrogen and oxygen atoms in total.